The van der Waals surface area contributed by atoms with E-state index < -0.39 is 6.30 Å². The van der Waals surface area contributed by atoms with Crippen LogP contribution in [0.25, 0.3) is 4.85 Å². The van der Waals surface area contributed by atoms with Crippen LogP contribution >= 0.6 is 0 Å². The molecule has 0 spiro atoms. The van der Waals surface area contributed by atoms with Crippen molar-refractivity contribution in [1.29, 1.82) is 0 Å². The van der Waals surface area contributed by atoms with Crippen molar-refractivity contribution in [3.63, 3.8) is 0 Å². The first-order valence-corrected chi connectivity index (χ1v) is 3.00. The van der Waals surface area contributed by atoms with Gasteiger partial charge in [0, 0.05) is 12.1 Å². The molecule has 0 unspecified atom stereocenters. The average molecular weight is 173 g/mol. The van der Waals surface area contributed by atoms with E-state index in [9.17, 15) is 13.2 Å². The second-order valence-electron chi connectivity index (χ2n) is 2.04. The van der Waals surface area contributed by atoms with Crippen LogP contribution in [0.1, 0.15) is 0 Å². The van der Waals surface area contributed by atoms with Gasteiger partial charge in [-0.1, -0.05) is 0 Å². The van der Waals surface area contributed by atoms with Gasteiger partial charge < -0.3 is 0 Å². The zero-order valence-corrected chi connectivity index (χ0v) is 5.84. The SMILES string of the molecule is [C-]#[N+]c1cc[n+](C(F)(F)F)cc1. The lowest BCUT2D eigenvalue weighted by Gasteiger charge is -1.97. The summed E-state index contributed by atoms with van der Waals surface area (Å²) in [5.41, 5.74) is 0.190. The molecule has 1 rings (SSSR count). The summed E-state index contributed by atoms with van der Waals surface area (Å²) >= 11 is 0. The average Bonchev–Trinajstić information content (AvgIpc) is 2.03. The fourth-order valence-electron chi connectivity index (χ4n) is 0.662. The summed E-state index contributed by atoms with van der Waals surface area (Å²) in [5.74, 6) is 0. The third-order valence-electron chi connectivity index (χ3n) is 1.23. The fraction of sp³-hybridized carbons (Fsp3) is 0.143. The maximum Gasteiger partial charge on any atom is 0.637 e. The molecule has 2 nitrogen and oxygen atoms in total. The molecule has 1 aromatic rings. The lowest BCUT2D eigenvalue weighted by Crippen LogP contribution is -2.46. The molecule has 62 valence electrons. The zero-order valence-electron chi connectivity index (χ0n) is 5.84. The third-order valence-corrected chi connectivity index (χ3v) is 1.23. The molecule has 12 heavy (non-hydrogen) atoms. The number of hydrogen-bond acceptors (Lipinski definition) is 0. The Morgan fingerprint density at radius 3 is 2.08 bits per heavy atom. The van der Waals surface area contributed by atoms with Crippen molar-refractivity contribution in [2.45, 2.75) is 6.30 Å². The Kier molecular flexibility index (Phi) is 2.00. The zero-order chi connectivity index (χ0) is 9.19. The molecule has 0 atom stereocenters. The first kappa shape index (κ1) is 8.53. The van der Waals surface area contributed by atoms with E-state index in [4.69, 9.17) is 6.57 Å². The normalized spacial score (nSPS) is 10.8. The number of rotatable bonds is 0. The summed E-state index contributed by atoms with van der Waals surface area (Å²) in [6.45, 7) is 6.50. The topological polar surface area (TPSA) is 8.24 Å². The van der Waals surface area contributed by atoms with Crippen molar-refractivity contribution >= 4 is 5.69 Å². The van der Waals surface area contributed by atoms with E-state index in [1.165, 1.54) is 0 Å². The summed E-state index contributed by atoms with van der Waals surface area (Å²) in [6, 6.07) is 2.22. The van der Waals surface area contributed by atoms with Crippen molar-refractivity contribution in [1.82, 2.24) is 0 Å². The Morgan fingerprint density at radius 1 is 1.25 bits per heavy atom. The van der Waals surface area contributed by atoms with E-state index in [-0.39, 0.29) is 10.3 Å². The molecule has 0 bridgehead atoms. The van der Waals surface area contributed by atoms with Crippen LogP contribution in [0.15, 0.2) is 24.5 Å². The van der Waals surface area contributed by atoms with Crippen molar-refractivity contribution < 1.29 is 17.7 Å². The van der Waals surface area contributed by atoms with Gasteiger partial charge in [-0.15, -0.1) is 17.7 Å². The summed E-state index contributed by atoms with van der Waals surface area (Å²) in [4.78, 5) is 2.96. The summed E-state index contributed by atoms with van der Waals surface area (Å²) in [6.07, 6.45) is -2.78. The number of hydrogen-bond donors (Lipinski definition) is 0. The van der Waals surface area contributed by atoms with Crippen LogP contribution in [0.2, 0.25) is 0 Å². The minimum atomic E-state index is -4.40. The van der Waals surface area contributed by atoms with Crippen LogP contribution in [0.5, 0.6) is 0 Å². The molecular formula is C7H4F3N2+. The van der Waals surface area contributed by atoms with Crippen LogP contribution in [0.3, 0.4) is 0 Å². The Labute approximate surface area is 66.7 Å². The second-order valence-corrected chi connectivity index (χ2v) is 2.04. The standard InChI is InChI=1S/C7H4F3N2/c1-11-6-2-4-12(5-3-6)7(8,9)10/h2-5H/q+1. The highest BCUT2D eigenvalue weighted by Gasteiger charge is 2.40. The Balaban J connectivity index is 3.02. The van der Waals surface area contributed by atoms with Gasteiger partial charge in [0.2, 0.25) is 0 Å². The quantitative estimate of drug-likeness (QED) is 0.419. The number of nitrogens with zero attached hydrogens (tertiary/aromatic N) is 2. The second kappa shape index (κ2) is 2.81. The Hall–Kier alpha value is -1.57. The smallest absolute Gasteiger partial charge is 0.238 e. The summed E-state index contributed by atoms with van der Waals surface area (Å²) < 4.78 is 35.8. The molecule has 0 aromatic carbocycles. The van der Waals surface area contributed by atoms with Gasteiger partial charge in [-0.05, 0) is 0 Å². The Morgan fingerprint density at radius 2 is 1.75 bits per heavy atom. The molecule has 0 radical (unpaired) electrons. The lowest BCUT2D eigenvalue weighted by molar-refractivity contribution is -0.854. The van der Waals surface area contributed by atoms with E-state index in [2.05, 4.69) is 4.85 Å². The van der Waals surface area contributed by atoms with Crippen LogP contribution in [0.4, 0.5) is 18.9 Å². The number of aromatic nitrogens is 1. The minimum absolute atomic E-state index is 0.0850. The molecule has 0 N–H and O–H groups in total. The largest absolute Gasteiger partial charge is 0.637 e. The molecule has 0 amide bonds. The molecular weight excluding hydrogens is 169 g/mol. The van der Waals surface area contributed by atoms with Crippen LogP contribution < -0.4 is 4.57 Å². The number of alkyl halides is 3. The maximum atomic E-state index is 11.9. The third kappa shape index (κ3) is 1.72. The molecule has 0 saturated heterocycles. The van der Waals surface area contributed by atoms with Gasteiger partial charge in [0.1, 0.15) is 0 Å². The van der Waals surface area contributed by atoms with Gasteiger partial charge in [0.05, 0.1) is 6.57 Å². The lowest BCUT2D eigenvalue weighted by atomic mass is 10.4. The van der Waals surface area contributed by atoms with E-state index in [0.717, 1.165) is 24.5 Å². The van der Waals surface area contributed by atoms with Gasteiger partial charge in [-0.25, -0.2) is 4.85 Å². The van der Waals surface area contributed by atoms with Crippen LogP contribution in [-0.2, 0) is 6.30 Å². The highest BCUT2D eigenvalue weighted by atomic mass is 19.4. The molecule has 0 saturated carbocycles. The van der Waals surface area contributed by atoms with E-state index >= 15 is 0 Å². The summed E-state index contributed by atoms with van der Waals surface area (Å²) in [7, 11) is 0. The van der Waals surface area contributed by atoms with Crippen LogP contribution in [0, 0.1) is 6.57 Å². The summed E-state index contributed by atoms with van der Waals surface area (Å²) in [5, 5.41) is 0. The van der Waals surface area contributed by atoms with Crippen LogP contribution in [-0.4, -0.2) is 0 Å². The first-order valence-electron chi connectivity index (χ1n) is 3.00. The van der Waals surface area contributed by atoms with Gasteiger partial charge in [0.15, 0.2) is 18.1 Å². The van der Waals surface area contributed by atoms with E-state index in [1.807, 2.05) is 0 Å². The van der Waals surface area contributed by atoms with Crippen molar-refractivity contribution in [3.8, 4) is 0 Å². The van der Waals surface area contributed by atoms with E-state index in [0.29, 0.717) is 0 Å². The van der Waals surface area contributed by atoms with Crippen molar-refractivity contribution in [2.75, 3.05) is 0 Å². The number of pyridine rings is 1. The highest BCUT2D eigenvalue weighted by Crippen LogP contribution is 2.15. The molecule has 0 aliphatic heterocycles. The van der Waals surface area contributed by atoms with Gasteiger partial charge in [-0.2, -0.15) is 0 Å². The predicted molar refractivity (Wildman–Crippen MR) is 34.2 cm³/mol. The molecule has 5 heteroatoms. The van der Waals surface area contributed by atoms with Gasteiger partial charge in [0.25, 0.3) is 0 Å². The highest BCUT2D eigenvalue weighted by molar-refractivity contribution is 5.40. The molecule has 0 fully saturated rings. The van der Waals surface area contributed by atoms with Gasteiger partial charge in [-0.3, -0.25) is 0 Å². The molecule has 0 aliphatic carbocycles. The van der Waals surface area contributed by atoms with Crippen molar-refractivity contribution in [2.24, 2.45) is 0 Å². The number of halogens is 3. The predicted octanol–water partition coefficient (Wildman–Crippen LogP) is 2.00. The fourth-order valence-corrected chi connectivity index (χ4v) is 0.662. The first-order chi connectivity index (χ1) is 5.54. The minimum Gasteiger partial charge on any atom is -0.238 e. The maximum absolute atomic E-state index is 11.9. The van der Waals surface area contributed by atoms with E-state index in [1.54, 1.807) is 0 Å². The van der Waals surface area contributed by atoms with Crippen molar-refractivity contribution in [3.05, 3.63) is 35.9 Å². The Bertz CT molecular complexity index is 307. The molecule has 1 heterocycles. The monoisotopic (exact) mass is 173 g/mol. The van der Waals surface area contributed by atoms with Gasteiger partial charge >= 0.3 is 6.30 Å². The molecule has 1 aromatic heterocycles. The molecule has 0 aliphatic rings.